The maximum absolute atomic E-state index is 12.4. The summed E-state index contributed by atoms with van der Waals surface area (Å²) in [5.41, 5.74) is 1.94. The molecule has 1 saturated heterocycles. The number of nitrogens with zero attached hydrogens (tertiary/aromatic N) is 2. The van der Waals surface area contributed by atoms with E-state index >= 15 is 0 Å². The number of H-pyrrole nitrogens is 1. The lowest BCUT2D eigenvalue weighted by atomic mass is 10.1. The van der Waals surface area contributed by atoms with E-state index in [0.717, 1.165) is 21.4 Å². The van der Waals surface area contributed by atoms with Crippen LogP contribution in [0.1, 0.15) is 5.56 Å². The molecule has 4 amide bonds. The number of fused-ring (bicyclic) bond motifs is 1. The van der Waals surface area contributed by atoms with E-state index in [1.165, 1.54) is 4.90 Å². The van der Waals surface area contributed by atoms with Crippen molar-refractivity contribution in [3.63, 3.8) is 0 Å². The zero-order valence-corrected chi connectivity index (χ0v) is 13.0. The standard InChI is InChI=1S/C16H18N4O3/c1-19(2)14(21)9-20-15(22)13(18-16(20)23)7-10-8-17-12-6-4-3-5-11(10)12/h3-6,8,13,17H,7,9H2,1-2H3,(H,18,23). The van der Waals surface area contributed by atoms with Crippen LogP contribution >= 0.6 is 0 Å². The van der Waals surface area contributed by atoms with Crippen molar-refractivity contribution in [3.05, 3.63) is 36.0 Å². The first-order valence-electron chi connectivity index (χ1n) is 7.34. The molecular formula is C16H18N4O3. The molecule has 0 spiro atoms. The third kappa shape index (κ3) is 2.77. The number of imide groups is 1. The average Bonchev–Trinajstić information content (AvgIpc) is 3.04. The number of carbonyl (C=O) groups is 3. The highest BCUT2D eigenvalue weighted by Gasteiger charge is 2.39. The molecule has 2 heterocycles. The van der Waals surface area contributed by atoms with Gasteiger partial charge in [-0.2, -0.15) is 0 Å². The van der Waals surface area contributed by atoms with Gasteiger partial charge in [-0.3, -0.25) is 14.5 Å². The van der Waals surface area contributed by atoms with Gasteiger partial charge < -0.3 is 15.2 Å². The van der Waals surface area contributed by atoms with Crippen LogP contribution in [0.4, 0.5) is 4.79 Å². The van der Waals surface area contributed by atoms with E-state index in [4.69, 9.17) is 0 Å². The number of nitrogens with one attached hydrogen (secondary N) is 2. The fourth-order valence-electron chi connectivity index (χ4n) is 2.66. The van der Waals surface area contributed by atoms with Gasteiger partial charge in [0.1, 0.15) is 12.6 Å². The van der Waals surface area contributed by atoms with Gasteiger partial charge in [-0.25, -0.2) is 4.79 Å². The molecule has 7 nitrogen and oxygen atoms in total. The normalized spacial score (nSPS) is 17.7. The highest BCUT2D eigenvalue weighted by molar-refractivity contribution is 6.06. The third-order valence-corrected chi connectivity index (χ3v) is 4.00. The molecule has 0 bridgehead atoms. The van der Waals surface area contributed by atoms with Crippen LogP contribution in [0.25, 0.3) is 10.9 Å². The van der Waals surface area contributed by atoms with Gasteiger partial charge in [0.25, 0.3) is 5.91 Å². The predicted octanol–water partition coefficient (Wildman–Crippen LogP) is 0.719. The van der Waals surface area contributed by atoms with E-state index in [2.05, 4.69) is 10.3 Å². The fraction of sp³-hybridized carbons (Fsp3) is 0.312. The number of para-hydroxylation sites is 1. The summed E-state index contributed by atoms with van der Waals surface area (Å²) in [6.07, 6.45) is 2.24. The van der Waals surface area contributed by atoms with Crippen LogP contribution in [0, 0.1) is 0 Å². The number of urea groups is 1. The van der Waals surface area contributed by atoms with Crippen LogP contribution in [-0.4, -0.2) is 59.3 Å². The van der Waals surface area contributed by atoms with Crippen LogP contribution < -0.4 is 5.32 Å². The number of rotatable bonds is 4. The summed E-state index contributed by atoms with van der Waals surface area (Å²) in [6.45, 7) is -0.234. The summed E-state index contributed by atoms with van der Waals surface area (Å²) < 4.78 is 0. The number of aromatic amines is 1. The van der Waals surface area contributed by atoms with Gasteiger partial charge in [0.2, 0.25) is 5.91 Å². The number of aromatic nitrogens is 1. The lowest BCUT2D eigenvalue weighted by molar-refractivity contribution is -0.135. The Morgan fingerprint density at radius 2 is 2.00 bits per heavy atom. The second-order valence-electron chi connectivity index (χ2n) is 5.78. The maximum Gasteiger partial charge on any atom is 0.325 e. The zero-order valence-electron chi connectivity index (χ0n) is 13.0. The molecule has 2 N–H and O–H groups in total. The first kappa shape index (κ1) is 15.1. The molecule has 3 rings (SSSR count). The smallest absolute Gasteiger partial charge is 0.325 e. The predicted molar refractivity (Wildman–Crippen MR) is 84.7 cm³/mol. The van der Waals surface area contributed by atoms with Crippen molar-refractivity contribution < 1.29 is 14.4 Å². The van der Waals surface area contributed by atoms with E-state index in [1.54, 1.807) is 14.1 Å². The van der Waals surface area contributed by atoms with Crippen molar-refractivity contribution in [2.75, 3.05) is 20.6 Å². The molecule has 0 radical (unpaired) electrons. The number of carbonyl (C=O) groups excluding carboxylic acids is 3. The minimum atomic E-state index is -0.642. The molecule has 1 aromatic heterocycles. The highest BCUT2D eigenvalue weighted by atomic mass is 16.2. The van der Waals surface area contributed by atoms with Crippen LogP contribution in [0.3, 0.4) is 0 Å². The summed E-state index contributed by atoms with van der Waals surface area (Å²) in [5.74, 6) is -0.656. The molecule has 1 unspecified atom stereocenters. The summed E-state index contributed by atoms with van der Waals surface area (Å²) in [6, 6.07) is 6.62. The van der Waals surface area contributed by atoms with Gasteiger partial charge >= 0.3 is 6.03 Å². The quantitative estimate of drug-likeness (QED) is 0.815. The average molecular weight is 314 g/mol. The van der Waals surface area contributed by atoms with E-state index in [1.807, 2.05) is 30.5 Å². The van der Waals surface area contributed by atoms with Crippen LogP contribution in [0.5, 0.6) is 0 Å². The molecule has 7 heteroatoms. The number of likely N-dealkylation sites (N-methyl/N-ethyl adjacent to an activating group) is 1. The first-order chi connectivity index (χ1) is 11.0. The van der Waals surface area contributed by atoms with Crippen LogP contribution in [-0.2, 0) is 16.0 Å². The van der Waals surface area contributed by atoms with Crippen molar-refractivity contribution in [2.45, 2.75) is 12.5 Å². The SMILES string of the molecule is CN(C)C(=O)CN1C(=O)NC(Cc2c[nH]c3ccccc23)C1=O. The molecule has 1 fully saturated rings. The lowest BCUT2D eigenvalue weighted by Gasteiger charge is -2.16. The molecular weight excluding hydrogens is 296 g/mol. The Morgan fingerprint density at radius 3 is 2.74 bits per heavy atom. The molecule has 120 valence electrons. The minimum Gasteiger partial charge on any atom is -0.361 e. The highest BCUT2D eigenvalue weighted by Crippen LogP contribution is 2.21. The third-order valence-electron chi connectivity index (χ3n) is 4.00. The molecule has 1 aliphatic heterocycles. The topological polar surface area (TPSA) is 85.5 Å². The Balaban J connectivity index is 1.76. The molecule has 23 heavy (non-hydrogen) atoms. The van der Waals surface area contributed by atoms with E-state index < -0.39 is 12.1 Å². The van der Waals surface area contributed by atoms with Crippen LogP contribution in [0.15, 0.2) is 30.5 Å². The second-order valence-corrected chi connectivity index (χ2v) is 5.78. The Hall–Kier alpha value is -2.83. The first-order valence-corrected chi connectivity index (χ1v) is 7.34. The number of hydrogen-bond acceptors (Lipinski definition) is 3. The van der Waals surface area contributed by atoms with Gasteiger partial charge in [-0.15, -0.1) is 0 Å². The lowest BCUT2D eigenvalue weighted by Crippen LogP contribution is -2.40. The van der Waals surface area contributed by atoms with Gasteiger partial charge in [-0.05, 0) is 11.6 Å². The Morgan fingerprint density at radius 1 is 1.26 bits per heavy atom. The maximum atomic E-state index is 12.4. The summed E-state index contributed by atoms with van der Waals surface area (Å²) in [4.78, 5) is 41.6. The largest absolute Gasteiger partial charge is 0.361 e. The number of hydrogen-bond donors (Lipinski definition) is 2. The van der Waals surface area contributed by atoms with Crippen molar-refractivity contribution in [2.24, 2.45) is 0 Å². The Bertz CT molecular complexity index is 780. The van der Waals surface area contributed by atoms with Crippen molar-refractivity contribution in [1.29, 1.82) is 0 Å². The van der Waals surface area contributed by atoms with E-state index in [0.29, 0.717) is 6.42 Å². The van der Waals surface area contributed by atoms with Gasteiger partial charge in [0.15, 0.2) is 0 Å². The van der Waals surface area contributed by atoms with Gasteiger partial charge in [0.05, 0.1) is 0 Å². The molecule has 1 aliphatic rings. The van der Waals surface area contributed by atoms with Crippen molar-refractivity contribution in [1.82, 2.24) is 20.1 Å². The molecule has 1 aromatic carbocycles. The number of amides is 4. The monoisotopic (exact) mass is 314 g/mol. The molecule has 0 saturated carbocycles. The van der Waals surface area contributed by atoms with Crippen molar-refractivity contribution in [3.8, 4) is 0 Å². The van der Waals surface area contributed by atoms with E-state index in [9.17, 15) is 14.4 Å². The van der Waals surface area contributed by atoms with E-state index in [-0.39, 0.29) is 18.4 Å². The molecule has 0 aliphatic carbocycles. The van der Waals surface area contributed by atoms with Crippen LogP contribution in [0.2, 0.25) is 0 Å². The molecule has 1 atom stereocenters. The summed E-state index contributed by atoms with van der Waals surface area (Å²) in [7, 11) is 3.18. The van der Waals surface area contributed by atoms with Gasteiger partial charge in [-0.1, -0.05) is 18.2 Å². The number of benzene rings is 1. The Labute approximate surface area is 133 Å². The van der Waals surface area contributed by atoms with Gasteiger partial charge in [0, 0.05) is 37.6 Å². The second kappa shape index (κ2) is 5.75. The Kier molecular flexibility index (Phi) is 3.77. The fourth-order valence-corrected chi connectivity index (χ4v) is 2.66. The van der Waals surface area contributed by atoms with Crippen molar-refractivity contribution >= 4 is 28.7 Å². The minimum absolute atomic E-state index is 0.234. The molecule has 2 aromatic rings. The summed E-state index contributed by atoms with van der Waals surface area (Å²) >= 11 is 0. The zero-order chi connectivity index (χ0) is 16.6. The summed E-state index contributed by atoms with van der Waals surface area (Å²) in [5, 5.41) is 3.68.